The van der Waals surface area contributed by atoms with Crippen molar-refractivity contribution in [1.82, 2.24) is 0 Å². The van der Waals surface area contributed by atoms with Gasteiger partial charge in [0.05, 0.1) is 17.2 Å². The van der Waals surface area contributed by atoms with Crippen LogP contribution in [0.25, 0.3) is 0 Å². The van der Waals surface area contributed by atoms with Gasteiger partial charge in [-0.05, 0) is 46.5 Å². The second-order valence-corrected chi connectivity index (χ2v) is 6.18. The molecule has 0 saturated heterocycles. The molecule has 4 nitrogen and oxygen atoms in total. The summed E-state index contributed by atoms with van der Waals surface area (Å²) in [5.74, 6) is -1.23. The molecule has 0 aliphatic heterocycles. The number of methoxy groups -OCH3 is 1. The lowest BCUT2D eigenvalue weighted by molar-refractivity contribution is -0.147. The molecule has 0 spiro atoms. The van der Waals surface area contributed by atoms with Crippen LogP contribution >= 0.6 is 15.9 Å². The van der Waals surface area contributed by atoms with Gasteiger partial charge >= 0.3 is 5.97 Å². The third kappa shape index (κ3) is 2.99. The van der Waals surface area contributed by atoms with Crippen molar-refractivity contribution < 1.29 is 19.7 Å². The van der Waals surface area contributed by atoms with Gasteiger partial charge in [-0.3, -0.25) is 4.79 Å². The van der Waals surface area contributed by atoms with Crippen molar-refractivity contribution in [3.63, 3.8) is 0 Å². The van der Waals surface area contributed by atoms with Gasteiger partial charge in [0.15, 0.2) is 0 Å². The quantitative estimate of drug-likeness (QED) is 0.880. The molecular formula is C15H19BrO4. The highest BCUT2D eigenvalue weighted by atomic mass is 79.9. The number of carbonyl (C=O) groups is 1. The molecule has 0 amide bonds. The second-order valence-electron chi connectivity index (χ2n) is 5.33. The van der Waals surface area contributed by atoms with Gasteiger partial charge in [0, 0.05) is 0 Å². The minimum Gasteiger partial charge on any atom is -0.496 e. The first-order chi connectivity index (χ1) is 9.48. The average molecular weight is 343 g/mol. The molecule has 1 aromatic rings. The van der Waals surface area contributed by atoms with Crippen LogP contribution in [0.3, 0.4) is 0 Å². The zero-order valence-corrected chi connectivity index (χ0v) is 13.0. The van der Waals surface area contributed by atoms with Crippen molar-refractivity contribution in [3.8, 4) is 5.75 Å². The summed E-state index contributed by atoms with van der Waals surface area (Å²) in [5, 5.41) is 20.3. The van der Waals surface area contributed by atoms with E-state index in [4.69, 9.17) is 4.74 Å². The Morgan fingerprint density at radius 1 is 1.35 bits per heavy atom. The van der Waals surface area contributed by atoms with Gasteiger partial charge in [-0.1, -0.05) is 25.3 Å². The Hall–Kier alpha value is -1.07. The van der Waals surface area contributed by atoms with Crippen molar-refractivity contribution in [2.75, 3.05) is 7.11 Å². The van der Waals surface area contributed by atoms with Crippen LogP contribution < -0.4 is 4.74 Å². The van der Waals surface area contributed by atoms with Crippen molar-refractivity contribution in [3.05, 3.63) is 28.2 Å². The molecular weight excluding hydrogens is 324 g/mol. The molecule has 2 N–H and O–H groups in total. The highest BCUT2D eigenvalue weighted by Crippen LogP contribution is 2.41. The van der Waals surface area contributed by atoms with E-state index < -0.39 is 17.5 Å². The Kier molecular flexibility index (Phi) is 4.70. The number of aliphatic hydroxyl groups is 1. The van der Waals surface area contributed by atoms with E-state index in [1.165, 1.54) is 0 Å². The fraction of sp³-hybridized carbons (Fsp3) is 0.533. The van der Waals surface area contributed by atoms with Gasteiger partial charge < -0.3 is 14.9 Å². The molecule has 1 aliphatic rings. The van der Waals surface area contributed by atoms with E-state index in [2.05, 4.69) is 15.9 Å². The molecule has 0 unspecified atom stereocenters. The van der Waals surface area contributed by atoms with Crippen LogP contribution in [-0.2, 0) is 4.79 Å². The third-order valence-corrected chi connectivity index (χ3v) is 4.63. The van der Waals surface area contributed by atoms with Crippen molar-refractivity contribution in [2.24, 2.45) is 0 Å². The van der Waals surface area contributed by atoms with Gasteiger partial charge in [0.2, 0.25) is 0 Å². The fourth-order valence-corrected chi connectivity index (χ4v) is 3.56. The van der Waals surface area contributed by atoms with E-state index in [0.717, 1.165) is 19.3 Å². The number of carboxylic acids is 1. The van der Waals surface area contributed by atoms with E-state index in [0.29, 0.717) is 28.6 Å². The number of hydrogen-bond donors (Lipinski definition) is 2. The van der Waals surface area contributed by atoms with E-state index in [-0.39, 0.29) is 0 Å². The predicted molar refractivity (Wildman–Crippen MR) is 79.1 cm³/mol. The largest absolute Gasteiger partial charge is 0.496 e. The van der Waals surface area contributed by atoms with E-state index in [1.54, 1.807) is 25.3 Å². The first kappa shape index (κ1) is 15.3. The summed E-state index contributed by atoms with van der Waals surface area (Å²) in [5.41, 5.74) is -0.549. The number of halogens is 1. The lowest BCUT2D eigenvalue weighted by atomic mass is 9.73. The molecule has 1 aliphatic carbocycles. The van der Waals surface area contributed by atoms with Crippen LogP contribution in [-0.4, -0.2) is 28.9 Å². The maximum absolute atomic E-state index is 11.7. The Morgan fingerprint density at radius 3 is 2.50 bits per heavy atom. The maximum Gasteiger partial charge on any atom is 0.313 e. The smallest absolute Gasteiger partial charge is 0.313 e. The highest BCUT2D eigenvalue weighted by Gasteiger charge is 2.43. The number of hydrogen-bond acceptors (Lipinski definition) is 3. The van der Waals surface area contributed by atoms with Gasteiger partial charge in [-0.2, -0.15) is 0 Å². The van der Waals surface area contributed by atoms with Crippen molar-refractivity contribution in [2.45, 2.75) is 43.6 Å². The Balaban J connectivity index is 2.38. The summed E-state index contributed by atoms with van der Waals surface area (Å²) >= 11 is 3.37. The van der Waals surface area contributed by atoms with Gasteiger partial charge in [-0.25, -0.2) is 0 Å². The normalized spacial score (nSPS) is 19.4. The molecule has 1 saturated carbocycles. The molecule has 0 bridgehead atoms. The standard InChI is InChI=1S/C15H19BrO4/c1-20-12-6-5-10(9-11(12)16)13(14(17)18)15(19)7-3-2-4-8-15/h5-6,9,13,19H,2-4,7-8H2,1H3,(H,17,18)/t13-/m0/s1. The molecule has 1 atom stereocenters. The topological polar surface area (TPSA) is 66.8 Å². The summed E-state index contributed by atoms with van der Waals surface area (Å²) in [4.78, 5) is 11.7. The summed E-state index contributed by atoms with van der Waals surface area (Å²) in [6.45, 7) is 0. The average Bonchev–Trinajstić information content (AvgIpc) is 2.39. The van der Waals surface area contributed by atoms with E-state index in [1.807, 2.05) is 0 Å². The third-order valence-electron chi connectivity index (χ3n) is 4.01. The molecule has 0 radical (unpaired) electrons. The van der Waals surface area contributed by atoms with Crippen LogP contribution in [0, 0.1) is 0 Å². The second kappa shape index (κ2) is 6.14. The van der Waals surface area contributed by atoms with Crippen molar-refractivity contribution >= 4 is 21.9 Å². The number of benzene rings is 1. The van der Waals surface area contributed by atoms with Crippen LogP contribution in [0.2, 0.25) is 0 Å². The molecule has 0 heterocycles. The SMILES string of the molecule is COc1ccc([C@@H](C(=O)O)C2(O)CCCCC2)cc1Br. The highest BCUT2D eigenvalue weighted by molar-refractivity contribution is 9.10. The summed E-state index contributed by atoms with van der Waals surface area (Å²) in [6, 6.07) is 5.17. The number of rotatable bonds is 4. The number of aliphatic carboxylic acids is 1. The predicted octanol–water partition coefficient (Wildman–Crippen LogP) is 3.32. The molecule has 1 aromatic carbocycles. The maximum atomic E-state index is 11.7. The summed E-state index contributed by atoms with van der Waals surface area (Å²) in [7, 11) is 1.56. The lowest BCUT2D eigenvalue weighted by Gasteiger charge is -2.37. The molecule has 2 rings (SSSR count). The van der Waals surface area contributed by atoms with Crippen LogP contribution in [0.4, 0.5) is 0 Å². The fourth-order valence-electron chi connectivity index (χ4n) is 3.00. The summed E-state index contributed by atoms with van der Waals surface area (Å²) in [6.07, 6.45) is 3.87. The number of carboxylic acid groups (broad SMARTS) is 1. The van der Waals surface area contributed by atoms with Gasteiger partial charge in [0.25, 0.3) is 0 Å². The zero-order chi connectivity index (χ0) is 14.8. The van der Waals surface area contributed by atoms with Crippen molar-refractivity contribution in [1.29, 1.82) is 0 Å². The monoisotopic (exact) mass is 342 g/mol. The molecule has 110 valence electrons. The molecule has 1 fully saturated rings. The van der Waals surface area contributed by atoms with Crippen LogP contribution in [0.1, 0.15) is 43.6 Å². The van der Waals surface area contributed by atoms with Crippen LogP contribution in [0.15, 0.2) is 22.7 Å². The molecule has 5 heteroatoms. The Bertz CT molecular complexity index is 495. The minimum absolute atomic E-state index is 0.535. The first-order valence-electron chi connectivity index (χ1n) is 6.76. The first-order valence-corrected chi connectivity index (χ1v) is 7.56. The summed E-state index contributed by atoms with van der Waals surface area (Å²) < 4.78 is 5.85. The number of ether oxygens (including phenoxy) is 1. The van der Waals surface area contributed by atoms with E-state index >= 15 is 0 Å². The zero-order valence-electron chi connectivity index (χ0n) is 11.4. The molecule has 0 aromatic heterocycles. The Morgan fingerprint density at radius 2 is 2.00 bits per heavy atom. The Labute approximate surface area is 126 Å². The van der Waals surface area contributed by atoms with Gasteiger partial charge in [-0.15, -0.1) is 0 Å². The lowest BCUT2D eigenvalue weighted by Crippen LogP contribution is -2.42. The minimum atomic E-state index is -1.15. The van der Waals surface area contributed by atoms with Crippen LogP contribution in [0.5, 0.6) is 5.75 Å². The van der Waals surface area contributed by atoms with Gasteiger partial charge in [0.1, 0.15) is 11.7 Å². The molecule has 20 heavy (non-hydrogen) atoms. The van der Waals surface area contributed by atoms with E-state index in [9.17, 15) is 15.0 Å².